The van der Waals surface area contributed by atoms with Gasteiger partial charge in [0.1, 0.15) is 23.9 Å². The van der Waals surface area contributed by atoms with Crippen molar-refractivity contribution in [1.82, 2.24) is 20.0 Å². The Kier molecular flexibility index (Phi) is 7.94. The van der Waals surface area contributed by atoms with Gasteiger partial charge < -0.3 is 20.5 Å². The Hall–Kier alpha value is -3.90. The first-order valence-electron chi connectivity index (χ1n) is 11.2. The highest BCUT2D eigenvalue weighted by Gasteiger charge is 2.41. The molecule has 0 saturated heterocycles. The summed E-state index contributed by atoms with van der Waals surface area (Å²) in [6.45, 7) is 3.90. The fraction of sp³-hybridized carbons (Fsp3) is 0.375. The lowest BCUT2D eigenvalue weighted by Gasteiger charge is -2.29. The molecule has 3 N–H and O–H groups in total. The van der Waals surface area contributed by atoms with Gasteiger partial charge in [0.05, 0.1) is 11.1 Å². The number of ether oxygens (including phenoxy) is 1. The summed E-state index contributed by atoms with van der Waals surface area (Å²) in [5.74, 6) is -3.16. The molecule has 3 rings (SSSR count). The van der Waals surface area contributed by atoms with E-state index in [1.807, 2.05) is 0 Å². The molecule has 200 valence electrons. The minimum atomic E-state index is -5.03. The number of benzene rings is 1. The summed E-state index contributed by atoms with van der Waals surface area (Å²) >= 11 is 0. The van der Waals surface area contributed by atoms with Gasteiger partial charge in [0.2, 0.25) is 0 Å². The van der Waals surface area contributed by atoms with Crippen LogP contribution in [0.4, 0.5) is 26.7 Å². The van der Waals surface area contributed by atoms with Crippen LogP contribution in [-0.4, -0.2) is 38.6 Å². The second-order valence-electron chi connectivity index (χ2n) is 8.79. The first-order valence-corrected chi connectivity index (χ1v) is 11.2. The zero-order valence-corrected chi connectivity index (χ0v) is 20.2. The van der Waals surface area contributed by atoms with E-state index in [2.05, 4.69) is 15.6 Å². The lowest BCUT2D eigenvalue weighted by atomic mass is 9.96. The van der Waals surface area contributed by atoms with Crippen molar-refractivity contribution in [2.45, 2.75) is 51.9 Å². The van der Waals surface area contributed by atoms with Crippen LogP contribution in [0.3, 0.4) is 0 Å². The Bertz CT molecular complexity index is 1300. The number of carboxylic acid groups (broad SMARTS) is 1. The quantitative estimate of drug-likeness (QED) is 0.336. The van der Waals surface area contributed by atoms with Gasteiger partial charge in [-0.05, 0) is 44.0 Å². The number of halogens is 5. The number of aromatic nitrogens is 2. The van der Waals surface area contributed by atoms with Gasteiger partial charge in [0.15, 0.2) is 17.1 Å². The van der Waals surface area contributed by atoms with E-state index in [9.17, 15) is 31.5 Å². The van der Waals surface area contributed by atoms with Crippen molar-refractivity contribution in [1.29, 1.82) is 0 Å². The number of imidazole rings is 1. The molecule has 2 amide bonds. The molecule has 0 spiro atoms. The van der Waals surface area contributed by atoms with Crippen LogP contribution in [0.2, 0.25) is 0 Å². The number of aryl methyl sites for hydroxylation is 1. The molecule has 0 aliphatic carbocycles. The van der Waals surface area contributed by atoms with E-state index >= 15 is 0 Å². The topological polar surface area (TPSA) is 105 Å². The van der Waals surface area contributed by atoms with Gasteiger partial charge in [-0.15, -0.1) is 0 Å². The monoisotopic (exact) mass is 528 g/mol. The van der Waals surface area contributed by atoms with E-state index in [1.165, 1.54) is 26.1 Å². The van der Waals surface area contributed by atoms with E-state index in [1.54, 1.807) is 6.92 Å². The van der Waals surface area contributed by atoms with Crippen molar-refractivity contribution < 1.29 is 41.4 Å². The van der Waals surface area contributed by atoms with Gasteiger partial charge in [0, 0.05) is 12.7 Å². The van der Waals surface area contributed by atoms with Gasteiger partial charge >= 0.3 is 12.3 Å². The number of rotatable bonds is 9. The molecule has 2 heterocycles. The standard InChI is InChI=1S/C24H25F5N4O4/c1-4-8-23(3,32-22(35)36)12-30-21(34)18-19(24(27,28)29)31-20-17(9-13(2)10-33(18)20)37-11-14-15(25)6-5-7-16(14)26/h5-7,9-10,32H,4,8,11-12H2,1-3H3,(H,30,34)(H,35,36). The molecule has 0 fully saturated rings. The number of fused-ring (bicyclic) bond motifs is 1. The summed E-state index contributed by atoms with van der Waals surface area (Å²) in [6.07, 6.45) is -4.29. The molecule has 0 aliphatic rings. The molecule has 2 aromatic heterocycles. The van der Waals surface area contributed by atoms with Crippen LogP contribution in [0.25, 0.3) is 5.65 Å². The summed E-state index contributed by atoms with van der Waals surface area (Å²) in [5, 5.41) is 13.7. The molecular weight excluding hydrogens is 503 g/mol. The summed E-state index contributed by atoms with van der Waals surface area (Å²) in [5.41, 5.74) is -3.92. The first-order chi connectivity index (χ1) is 17.3. The van der Waals surface area contributed by atoms with Gasteiger partial charge in [-0.1, -0.05) is 19.4 Å². The highest BCUT2D eigenvalue weighted by molar-refractivity contribution is 5.95. The molecule has 1 unspecified atom stereocenters. The predicted molar refractivity (Wildman–Crippen MR) is 122 cm³/mol. The largest absolute Gasteiger partial charge is 0.485 e. The number of hydrogen-bond acceptors (Lipinski definition) is 4. The summed E-state index contributed by atoms with van der Waals surface area (Å²) in [4.78, 5) is 27.8. The van der Waals surface area contributed by atoms with Crippen LogP contribution in [-0.2, 0) is 12.8 Å². The maximum atomic E-state index is 14.0. The Morgan fingerprint density at radius 3 is 2.41 bits per heavy atom. The third kappa shape index (κ3) is 6.27. The van der Waals surface area contributed by atoms with Gasteiger partial charge in [0.25, 0.3) is 5.91 Å². The Balaban J connectivity index is 2.02. The van der Waals surface area contributed by atoms with Crippen LogP contribution in [0.5, 0.6) is 5.75 Å². The Labute approximate surface area is 208 Å². The normalized spacial score (nSPS) is 13.3. The molecule has 0 radical (unpaired) electrons. The number of amides is 2. The van der Waals surface area contributed by atoms with Crippen LogP contribution in [0, 0.1) is 18.6 Å². The highest BCUT2D eigenvalue weighted by atomic mass is 19.4. The second-order valence-corrected chi connectivity index (χ2v) is 8.79. The molecular formula is C24H25F5N4O4. The van der Waals surface area contributed by atoms with Crippen LogP contribution in [0.1, 0.15) is 54.0 Å². The molecule has 13 heteroatoms. The molecule has 1 aromatic carbocycles. The first kappa shape index (κ1) is 27.7. The lowest BCUT2D eigenvalue weighted by Crippen LogP contribution is -2.53. The Morgan fingerprint density at radius 1 is 1.19 bits per heavy atom. The Morgan fingerprint density at radius 2 is 1.84 bits per heavy atom. The van der Waals surface area contributed by atoms with E-state index in [-0.39, 0.29) is 17.9 Å². The number of hydrogen-bond donors (Lipinski definition) is 3. The molecule has 37 heavy (non-hydrogen) atoms. The van der Waals surface area contributed by atoms with Crippen molar-refractivity contribution in [3.63, 3.8) is 0 Å². The van der Waals surface area contributed by atoms with Crippen molar-refractivity contribution in [3.8, 4) is 5.75 Å². The SMILES string of the molecule is CCCC(C)(CNC(=O)c1c(C(F)(F)F)nc2c(OCc3c(F)cccc3F)cc(C)cn12)NC(=O)O. The molecule has 0 saturated carbocycles. The number of pyridine rings is 1. The molecule has 1 atom stereocenters. The molecule has 0 bridgehead atoms. The zero-order chi connectivity index (χ0) is 27.5. The number of carbonyl (C=O) groups is 2. The van der Waals surface area contributed by atoms with Gasteiger partial charge in [-0.25, -0.2) is 18.6 Å². The minimum absolute atomic E-state index is 0.226. The third-order valence-electron chi connectivity index (χ3n) is 5.59. The zero-order valence-electron chi connectivity index (χ0n) is 20.2. The lowest BCUT2D eigenvalue weighted by molar-refractivity contribution is -0.141. The van der Waals surface area contributed by atoms with Crippen LogP contribution < -0.4 is 15.4 Å². The van der Waals surface area contributed by atoms with E-state index in [0.717, 1.165) is 22.6 Å². The number of nitrogens with one attached hydrogen (secondary N) is 2. The number of carbonyl (C=O) groups excluding carboxylic acids is 1. The van der Waals surface area contributed by atoms with Crippen LogP contribution >= 0.6 is 0 Å². The predicted octanol–water partition coefficient (Wildman–Crippen LogP) is 5.07. The summed E-state index contributed by atoms with van der Waals surface area (Å²) in [6, 6.07) is 4.52. The fourth-order valence-corrected chi connectivity index (χ4v) is 3.95. The van der Waals surface area contributed by atoms with Crippen LogP contribution in [0.15, 0.2) is 30.5 Å². The van der Waals surface area contributed by atoms with Crippen molar-refractivity contribution in [2.24, 2.45) is 0 Å². The maximum absolute atomic E-state index is 14.0. The molecule has 8 nitrogen and oxygen atoms in total. The van der Waals surface area contributed by atoms with Crippen molar-refractivity contribution >= 4 is 17.6 Å². The molecule has 0 aliphatic heterocycles. The summed E-state index contributed by atoms with van der Waals surface area (Å²) < 4.78 is 76.1. The van der Waals surface area contributed by atoms with Crippen molar-refractivity contribution in [2.75, 3.05) is 6.54 Å². The highest BCUT2D eigenvalue weighted by Crippen LogP contribution is 2.35. The minimum Gasteiger partial charge on any atom is -0.485 e. The average Bonchev–Trinajstić information content (AvgIpc) is 3.17. The van der Waals surface area contributed by atoms with Crippen molar-refractivity contribution in [3.05, 3.63) is 64.6 Å². The van der Waals surface area contributed by atoms with E-state index in [4.69, 9.17) is 9.84 Å². The maximum Gasteiger partial charge on any atom is 0.435 e. The number of alkyl halides is 3. The van der Waals surface area contributed by atoms with E-state index in [0.29, 0.717) is 18.4 Å². The van der Waals surface area contributed by atoms with Gasteiger partial charge in [-0.2, -0.15) is 13.2 Å². The average molecular weight is 528 g/mol. The van der Waals surface area contributed by atoms with E-state index < -0.39 is 58.9 Å². The fourth-order valence-electron chi connectivity index (χ4n) is 3.95. The van der Waals surface area contributed by atoms with Gasteiger partial charge in [-0.3, -0.25) is 9.20 Å². The summed E-state index contributed by atoms with van der Waals surface area (Å²) in [7, 11) is 0. The smallest absolute Gasteiger partial charge is 0.435 e. The second kappa shape index (κ2) is 10.6. The number of nitrogens with zero attached hydrogens (tertiary/aromatic N) is 2. The third-order valence-corrected chi connectivity index (χ3v) is 5.59. The molecule has 3 aromatic rings.